The number of nitrogens with zero attached hydrogens (tertiary/aromatic N) is 2. The second-order valence-electron chi connectivity index (χ2n) is 5.18. The number of anilines is 2. The molecule has 0 atom stereocenters. The third-order valence-corrected chi connectivity index (χ3v) is 3.22. The largest absolute Gasteiger partial charge is 0.497 e. The number of carbonyl (C=O) groups is 1. The number of aryl methyl sites for hydroxylation is 1. The first-order chi connectivity index (χ1) is 11.6. The highest BCUT2D eigenvalue weighted by Gasteiger charge is 2.10. The molecule has 7 nitrogen and oxygen atoms in total. The molecule has 0 saturated carbocycles. The zero-order valence-corrected chi connectivity index (χ0v) is 14.1. The van der Waals surface area contributed by atoms with Crippen LogP contribution in [0.4, 0.5) is 11.6 Å². The lowest BCUT2D eigenvalue weighted by Crippen LogP contribution is -2.26. The van der Waals surface area contributed by atoms with Gasteiger partial charge in [-0.3, -0.25) is 4.79 Å². The molecule has 24 heavy (non-hydrogen) atoms. The van der Waals surface area contributed by atoms with Gasteiger partial charge in [0.25, 0.3) is 5.91 Å². The Hall–Kier alpha value is -2.67. The quantitative estimate of drug-likeness (QED) is 0.723. The minimum absolute atomic E-state index is 0.231. The molecule has 0 aliphatic rings. The van der Waals surface area contributed by atoms with Crippen LogP contribution in [0.5, 0.6) is 5.75 Å². The van der Waals surface area contributed by atoms with E-state index in [-0.39, 0.29) is 5.91 Å². The molecule has 0 saturated heterocycles. The normalized spacial score (nSPS) is 10.3. The summed E-state index contributed by atoms with van der Waals surface area (Å²) in [6.45, 7) is 2.96. The maximum atomic E-state index is 12.2. The van der Waals surface area contributed by atoms with Crippen LogP contribution in [0.25, 0.3) is 0 Å². The lowest BCUT2D eigenvalue weighted by molar-refractivity contribution is 0.0943. The minimum atomic E-state index is -0.231. The van der Waals surface area contributed by atoms with Crippen molar-refractivity contribution >= 4 is 17.5 Å². The Morgan fingerprint density at radius 2 is 2.04 bits per heavy atom. The fraction of sp³-hybridized carbons (Fsp3) is 0.353. The Labute approximate surface area is 141 Å². The molecule has 128 valence electrons. The molecule has 1 amide bonds. The Morgan fingerprint density at radius 1 is 1.21 bits per heavy atom. The van der Waals surface area contributed by atoms with Crippen molar-refractivity contribution in [3.05, 3.63) is 41.7 Å². The zero-order valence-electron chi connectivity index (χ0n) is 14.1. The van der Waals surface area contributed by atoms with E-state index in [0.717, 1.165) is 17.9 Å². The van der Waals surface area contributed by atoms with Gasteiger partial charge in [-0.05, 0) is 31.5 Å². The summed E-state index contributed by atoms with van der Waals surface area (Å²) in [5, 5.41) is 5.90. The molecule has 1 aromatic carbocycles. The van der Waals surface area contributed by atoms with Gasteiger partial charge < -0.3 is 20.1 Å². The van der Waals surface area contributed by atoms with Crippen LogP contribution in [0, 0.1) is 6.92 Å². The highest BCUT2D eigenvalue weighted by molar-refractivity contribution is 5.92. The number of amides is 1. The van der Waals surface area contributed by atoms with Crippen molar-refractivity contribution in [2.45, 2.75) is 13.3 Å². The average Bonchev–Trinajstić information content (AvgIpc) is 2.58. The summed E-state index contributed by atoms with van der Waals surface area (Å²) < 4.78 is 10.1. The molecule has 0 spiro atoms. The van der Waals surface area contributed by atoms with E-state index in [1.807, 2.05) is 31.2 Å². The number of nitrogens with one attached hydrogen (secondary N) is 2. The first kappa shape index (κ1) is 17.7. The Kier molecular flexibility index (Phi) is 6.51. The molecular weight excluding hydrogens is 308 g/mol. The molecule has 0 radical (unpaired) electrons. The SMILES string of the molecule is COCCCNC(=O)c1cc(C)nc(Nc2cccc(OC)c2)n1. The Balaban J connectivity index is 2.08. The van der Waals surface area contributed by atoms with E-state index in [1.165, 1.54) is 0 Å². The first-order valence-corrected chi connectivity index (χ1v) is 7.66. The molecule has 0 unspecified atom stereocenters. The number of hydrogen-bond acceptors (Lipinski definition) is 6. The predicted molar refractivity (Wildman–Crippen MR) is 91.9 cm³/mol. The number of methoxy groups -OCH3 is 2. The molecule has 0 aliphatic carbocycles. The van der Waals surface area contributed by atoms with Gasteiger partial charge in [-0.2, -0.15) is 0 Å². The fourth-order valence-electron chi connectivity index (χ4n) is 2.08. The van der Waals surface area contributed by atoms with E-state index >= 15 is 0 Å². The Morgan fingerprint density at radius 3 is 2.79 bits per heavy atom. The van der Waals surface area contributed by atoms with Crippen LogP contribution in [0.1, 0.15) is 22.6 Å². The molecular formula is C17H22N4O3. The second-order valence-corrected chi connectivity index (χ2v) is 5.18. The number of benzene rings is 1. The number of ether oxygens (including phenoxy) is 2. The maximum Gasteiger partial charge on any atom is 0.270 e. The van der Waals surface area contributed by atoms with Crippen LogP contribution >= 0.6 is 0 Å². The molecule has 0 aliphatic heterocycles. The van der Waals surface area contributed by atoms with E-state index in [1.54, 1.807) is 20.3 Å². The number of hydrogen-bond donors (Lipinski definition) is 2. The van der Waals surface area contributed by atoms with Gasteiger partial charge >= 0.3 is 0 Å². The topological polar surface area (TPSA) is 85.4 Å². The van der Waals surface area contributed by atoms with Crippen molar-refractivity contribution < 1.29 is 14.3 Å². The zero-order chi connectivity index (χ0) is 17.4. The fourth-order valence-corrected chi connectivity index (χ4v) is 2.08. The van der Waals surface area contributed by atoms with Crippen molar-refractivity contribution in [3.63, 3.8) is 0 Å². The average molecular weight is 330 g/mol. The summed E-state index contributed by atoms with van der Waals surface area (Å²) in [5.74, 6) is 0.861. The highest BCUT2D eigenvalue weighted by atomic mass is 16.5. The summed E-state index contributed by atoms with van der Waals surface area (Å²) in [4.78, 5) is 20.8. The third kappa shape index (κ3) is 5.20. The second kappa shape index (κ2) is 8.83. The van der Waals surface area contributed by atoms with E-state index < -0.39 is 0 Å². The van der Waals surface area contributed by atoms with Crippen LogP contribution in [-0.4, -0.2) is 43.2 Å². The lowest BCUT2D eigenvalue weighted by atomic mass is 10.3. The number of aromatic nitrogens is 2. The van der Waals surface area contributed by atoms with Gasteiger partial charge in [-0.15, -0.1) is 0 Å². The molecule has 2 rings (SSSR count). The molecule has 2 N–H and O–H groups in total. The van der Waals surface area contributed by atoms with E-state index in [9.17, 15) is 4.79 Å². The Bertz CT molecular complexity index is 691. The standard InChI is InChI=1S/C17H22N4O3/c1-12-10-15(16(22)18-8-5-9-23-2)21-17(19-12)20-13-6-4-7-14(11-13)24-3/h4,6-7,10-11H,5,8-9H2,1-3H3,(H,18,22)(H,19,20,21). The van der Waals surface area contributed by atoms with Gasteiger partial charge in [-0.25, -0.2) is 9.97 Å². The van der Waals surface area contributed by atoms with Crippen molar-refractivity contribution in [2.75, 3.05) is 32.7 Å². The molecule has 0 bridgehead atoms. The van der Waals surface area contributed by atoms with Gasteiger partial charge in [-0.1, -0.05) is 6.07 Å². The van der Waals surface area contributed by atoms with Gasteiger partial charge in [0.1, 0.15) is 11.4 Å². The van der Waals surface area contributed by atoms with Crippen LogP contribution < -0.4 is 15.4 Å². The maximum absolute atomic E-state index is 12.2. The van der Waals surface area contributed by atoms with Crippen LogP contribution in [0.2, 0.25) is 0 Å². The van der Waals surface area contributed by atoms with Crippen LogP contribution in [0.15, 0.2) is 30.3 Å². The summed E-state index contributed by atoms with van der Waals surface area (Å²) in [6, 6.07) is 9.07. The van der Waals surface area contributed by atoms with Crippen molar-refractivity contribution in [1.82, 2.24) is 15.3 Å². The molecule has 7 heteroatoms. The van der Waals surface area contributed by atoms with Crippen molar-refractivity contribution in [3.8, 4) is 5.75 Å². The minimum Gasteiger partial charge on any atom is -0.497 e. The molecule has 1 heterocycles. The summed E-state index contributed by atoms with van der Waals surface area (Å²) in [5.41, 5.74) is 1.81. The lowest BCUT2D eigenvalue weighted by Gasteiger charge is -2.09. The monoisotopic (exact) mass is 330 g/mol. The van der Waals surface area contributed by atoms with Gasteiger partial charge in [0, 0.05) is 37.7 Å². The predicted octanol–water partition coefficient (Wildman–Crippen LogP) is 2.30. The van der Waals surface area contributed by atoms with Gasteiger partial charge in [0.2, 0.25) is 5.95 Å². The summed E-state index contributed by atoms with van der Waals surface area (Å²) in [6.07, 6.45) is 0.751. The van der Waals surface area contributed by atoms with Gasteiger partial charge in [0.05, 0.1) is 7.11 Å². The summed E-state index contributed by atoms with van der Waals surface area (Å²) in [7, 11) is 3.24. The highest BCUT2D eigenvalue weighted by Crippen LogP contribution is 2.19. The molecule has 2 aromatic rings. The molecule has 1 aromatic heterocycles. The third-order valence-electron chi connectivity index (χ3n) is 3.22. The van der Waals surface area contributed by atoms with Crippen LogP contribution in [0.3, 0.4) is 0 Å². The molecule has 0 fully saturated rings. The number of carbonyl (C=O) groups excluding carboxylic acids is 1. The van der Waals surface area contributed by atoms with Crippen molar-refractivity contribution in [2.24, 2.45) is 0 Å². The number of rotatable bonds is 8. The smallest absolute Gasteiger partial charge is 0.270 e. The first-order valence-electron chi connectivity index (χ1n) is 7.66. The van der Waals surface area contributed by atoms with E-state index in [2.05, 4.69) is 20.6 Å². The van der Waals surface area contributed by atoms with E-state index in [0.29, 0.717) is 30.5 Å². The van der Waals surface area contributed by atoms with Gasteiger partial charge in [0.15, 0.2) is 0 Å². The van der Waals surface area contributed by atoms with Crippen LogP contribution in [-0.2, 0) is 4.74 Å². The van der Waals surface area contributed by atoms with E-state index in [4.69, 9.17) is 9.47 Å². The summed E-state index contributed by atoms with van der Waals surface area (Å²) >= 11 is 0. The van der Waals surface area contributed by atoms with Crippen molar-refractivity contribution in [1.29, 1.82) is 0 Å².